The Kier molecular flexibility index (Phi) is 4.82. The highest BCUT2D eigenvalue weighted by Gasteiger charge is 2.21. The van der Waals surface area contributed by atoms with Gasteiger partial charge in [-0.1, -0.05) is 13.8 Å². The molecule has 1 fully saturated rings. The lowest BCUT2D eigenvalue weighted by molar-refractivity contribution is -0.384. The van der Waals surface area contributed by atoms with Gasteiger partial charge in [-0.2, -0.15) is 0 Å². The number of benzene rings is 1. The Morgan fingerprint density at radius 3 is 2.65 bits per heavy atom. The van der Waals surface area contributed by atoms with Crippen molar-refractivity contribution in [3.63, 3.8) is 0 Å². The van der Waals surface area contributed by atoms with Crippen LogP contribution in [0.5, 0.6) is 0 Å². The summed E-state index contributed by atoms with van der Waals surface area (Å²) >= 11 is 0. The maximum Gasteiger partial charge on any atom is 0.273 e. The molecule has 0 bridgehead atoms. The molecule has 2 N–H and O–H groups in total. The molecule has 0 saturated heterocycles. The van der Waals surface area contributed by atoms with E-state index in [0.717, 1.165) is 43.1 Å². The second-order valence-electron chi connectivity index (χ2n) is 5.71. The van der Waals surface area contributed by atoms with E-state index in [0.29, 0.717) is 6.04 Å². The largest absolute Gasteiger partial charge is 0.385 e. The summed E-state index contributed by atoms with van der Waals surface area (Å²) in [4.78, 5) is 10.7. The minimum Gasteiger partial charge on any atom is -0.385 e. The van der Waals surface area contributed by atoms with Crippen LogP contribution in [0.15, 0.2) is 18.2 Å². The van der Waals surface area contributed by atoms with Crippen molar-refractivity contribution in [2.75, 3.05) is 17.2 Å². The maximum absolute atomic E-state index is 11.0. The third kappa shape index (κ3) is 3.85. The van der Waals surface area contributed by atoms with Gasteiger partial charge in [-0.15, -0.1) is 0 Å². The zero-order chi connectivity index (χ0) is 14.5. The second-order valence-corrected chi connectivity index (χ2v) is 5.71. The van der Waals surface area contributed by atoms with Crippen molar-refractivity contribution in [1.82, 2.24) is 0 Å². The number of nitrogens with one attached hydrogen (secondary N) is 2. The van der Waals surface area contributed by atoms with Gasteiger partial charge in [0.1, 0.15) is 0 Å². The molecule has 110 valence electrons. The van der Waals surface area contributed by atoms with E-state index in [1.807, 2.05) is 6.07 Å². The minimum absolute atomic E-state index is 0.139. The molecule has 0 aliphatic heterocycles. The SMILES string of the molecule is CCCNc1cc(NC2CCC(C)C2)cc([N+](=O)[O-])c1. The Labute approximate surface area is 119 Å². The lowest BCUT2D eigenvalue weighted by atomic mass is 10.1. The molecule has 0 aromatic heterocycles. The highest BCUT2D eigenvalue weighted by Crippen LogP contribution is 2.30. The van der Waals surface area contributed by atoms with E-state index in [1.54, 1.807) is 12.1 Å². The van der Waals surface area contributed by atoms with Gasteiger partial charge < -0.3 is 10.6 Å². The zero-order valence-electron chi connectivity index (χ0n) is 12.2. The van der Waals surface area contributed by atoms with Gasteiger partial charge in [-0.05, 0) is 37.7 Å². The molecule has 1 saturated carbocycles. The van der Waals surface area contributed by atoms with E-state index >= 15 is 0 Å². The summed E-state index contributed by atoms with van der Waals surface area (Å²) in [6.07, 6.45) is 4.50. The van der Waals surface area contributed by atoms with Crippen LogP contribution in [0.25, 0.3) is 0 Å². The zero-order valence-corrected chi connectivity index (χ0v) is 12.2. The van der Waals surface area contributed by atoms with Gasteiger partial charge in [-0.3, -0.25) is 10.1 Å². The number of nitro benzene ring substituents is 1. The summed E-state index contributed by atoms with van der Waals surface area (Å²) in [7, 11) is 0. The molecule has 5 heteroatoms. The summed E-state index contributed by atoms with van der Waals surface area (Å²) < 4.78 is 0. The number of nitro groups is 1. The van der Waals surface area contributed by atoms with Gasteiger partial charge in [0.05, 0.1) is 4.92 Å². The Hall–Kier alpha value is -1.78. The van der Waals surface area contributed by atoms with E-state index in [9.17, 15) is 10.1 Å². The van der Waals surface area contributed by atoms with Crippen LogP contribution in [0.1, 0.15) is 39.5 Å². The Bertz CT molecular complexity index is 476. The molecular formula is C15H23N3O2. The van der Waals surface area contributed by atoms with Crippen molar-refractivity contribution in [1.29, 1.82) is 0 Å². The first-order valence-electron chi connectivity index (χ1n) is 7.38. The smallest absolute Gasteiger partial charge is 0.273 e. The minimum atomic E-state index is -0.334. The van der Waals surface area contributed by atoms with Crippen LogP contribution in [0.3, 0.4) is 0 Å². The molecule has 2 rings (SSSR count). The molecule has 0 spiro atoms. The molecule has 0 amide bonds. The van der Waals surface area contributed by atoms with Crippen LogP contribution >= 0.6 is 0 Å². The molecule has 1 aromatic rings. The van der Waals surface area contributed by atoms with Crippen LogP contribution in [-0.4, -0.2) is 17.5 Å². The fraction of sp³-hybridized carbons (Fsp3) is 0.600. The number of rotatable bonds is 6. The molecule has 0 radical (unpaired) electrons. The van der Waals surface area contributed by atoms with Gasteiger partial charge in [-0.25, -0.2) is 0 Å². The van der Waals surface area contributed by atoms with E-state index in [-0.39, 0.29) is 10.6 Å². The summed E-state index contributed by atoms with van der Waals surface area (Å²) in [6, 6.07) is 5.62. The Balaban J connectivity index is 2.13. The molecule has 2 unspecified atom stereocenters. The molecule has 2 atom stereocenters. The number of anilines is 2. The summed E-state index contributed by atoms with van der Waals surface area (Å²) in [5.41, 5.74) is 1.80. The van der Waals surface area contributed by atoms with Gasteiger partial charge in [0.15, 0.2) is 0 Å². The van der Waals surface area contributed by atoms with Gasteiger partial charge in [0.25, 0.3) is 5.69 Å². The fourth-order valence-electron chi connectivity index (χ4n) is 2.75. The normalized spacial score (nSPS) is 21.7. The highest BCUT2D eigenvalue weighted by atomic mass is 16.6. The highest BCUT2D eigenvalue weighted by molar-refractivity contribution is 5.63. The lowest BCUT2D eigenvalue weighted by Crippen LogP contribution is -2.15. The monoisotopic (exact) mass is 277 g/mol. The van der Waals surface area contributed by atoms with Crippen LogP contribution in [-0.2, 0) is 0 Å². The van der Waals surface area contributed by atoms with Crippen molar-refractivity contribution in [2.24, 2.45) is 5.92 Å². The predicted octanol–water partition coefficient (Wildman–Crippen LogP) is 4.02. The van der Waals surface area contributed by atoms with E-state index < -0.39 is 0 Å². The Morgan fingerprint density at radius 2 is 2.05 bits per heavy atom. The first kappa shape index (κ1) is 14.6. The summed E-state index contributed by atoms with van der Waals surface area (Å²) in [6.45, 7) is 5.15. The van der Waals surface area contributed by atoms with E-state index in [1.165, 1.54) is 6.42 Å². The third-order valence-corrected chi connectivity index (χ3v) is 3.77. The van der Waals surface area contributed by atoms with Crippen LogP contribution < -0.4 is 10.6 Å². The van der Waals surface area contributed by atoms with Gasteiger partial charge in [0, 0.05) is 36.1 Å². The number of hydrogen-bond donors (Lipinski definition) is 2. The topological polar surface area (TPSA) is 67.2 Å². The standard InChI is InChI=1S/C15H23N3O2/c1-3-6-16-13-8-14(10-15(9-13)18(19)20)17-12-5-4-11(2)7-12/h8-12,16-17H,3-7H2,1-2H3. The van der Waals surface area contributed by atoms with Crippen molar-refractivity contribution in [3.8, 4) is 0 Å². The molecule has 20 heavy (non-hydrogen) atoms. The number of non-ortho nitro benzene ring substituents is 1. The summed E-state index contributed by atoms with van der Waals surface area (Å²) in [5, 5.41) is 17.7. The molecular weight excluding hydrogens is 254 g/mol. The van der Waals surface area contributed by atoms with Crippen molar-refractivity contribution in [2.45, 2.75) is 45.6 Å². The molecule has 1 aliphatic carbocycles. The van der Waals surface area contributed by atoms with Gasteiger partial charge in [0.2, 0.25) is 0 Å². The molecule has 1 aromatic carbocycles. The van der Waals surface area contributed by atoms with Crippen LogP contribution in [0.2, 0.25) is 0 Å². The predicted molar refractivity (Wildman–Crippen MR) is 82.3 cm³/mol. The fourth-order valence-corrected chi connectivity index (χ4v) is 2.75. The molecule has 1 aliphatic rings. The first-order valence-corrected chi connectivity index (χ1v) is 7.38. The number of hydrogen-bond acceptors (Lipinski definition) is 4. The average Bonchev–Trinajstić information content (AvgIpc) is 2.81. The Morgan fingerprint density at radius 1 is 1.30 bits per heavy atom. The number of nitrogens with zero attached hydrogens (tertiary/aromatic N) is 1. The maximum atomic E-state index is 11.0. The van der Waals surface area contributed by atoms with Crippen LogP contribution in [0.4, 0.5) is 17.1 Å². The second kappa shape index (κ2) is 6.59. The summed E-state index contributed by atoms with van der Waals surface area (Å²) in [5.74, 6) is 0.740. The van der Waals surface area contributed by atoms with Crippen molar-refractivity contribution >= 4 is 17.1 Å². The lowest BCUT2D eigenvalue weighted by Gasteiger charge is -2.15. The van der Waals surface area contributed by atoms with Crippen molar-refractivity contribution in [3.05, 3.63) is 28.3 Å². The first-order chi connectivity index (χ1) is 9.58. The quantitative estimate of drug-likeness (QED) is 0.609. The van der Waals surface area contributed by atoms with E-state index in [4.69, 9.17) is 0 Å². The van der Waals surface area contributed by atoms with Crippen LogP contribution in [0, 0.1) is 16.0 Å². The third-order valence-electron chi connectivity index (χ3n) is 3.77. The average molecular weight is 277 g/mol. The van der Waals surface area contributed by atoms with Gasteiger partial charge >= 0.3 is 0 Å². The molecule has 0 heterocycles. The molecule has 5 nitrogen and oxygen atoms in total. The van der Waals surface area contributed by atoms with E-state index in [2.05, 4.69) is 24.5 Å². The van der Waals surface area contributed by atoms with Crippen molar-refractivity contribution < 1.29 is 4.92 Å².